The van der Waals surface area contributed by atoms with Gasteiger partial charge in [0.2, 0.25) is 0 Å². The van der Waals surface area contributed by atoms with Crippen molar-refractivity contribution in [1.29, 1.82) is 0 Å². The molecule has 0 atom stereocenters. The van der Waals surface area contributed by atoms with Gasteiger partial charge in [0.1, 0.15) is 5.82 Å². The van der Waals surface area contributed by atoms with Crippen LogP contribution < -0.4 is 10.2 Å². The number of benzene rings is 1. The summed E-state index contributed by atoms with van der Waals surface area (Å²) in [5.41, 5.74) is 0.606. The summed E-state index contributed by atoms with van der Waals surface area (Å²) in [4.78, 5) is 14.3. The van der Waals surface area contributed by atoms with Crippen LogP contribution >= 0.6 is 0 Å². The maximum atomic E-state index is 13.1. The quantitative estimate of drug-likeness (QED) is 0.946. The zero-order valence-corrected chi connectivity index (χ0v) is 13.0. The predicted molar refractivity (Wildman–Crippen MR) is 87.0 cm³/mol. The fourth-order valence-electron chi connectivity index (χ4n) is 2.61. The lowest BCUT2D eigenvalue weighted by Crippen LogP contribution is -2.33. The molecule has 23 heavy (non-hydrogen) atoms. The molecule has 0 unspecified atom stereocenters. The van der Waals surface area contributed by atoms with E-state index < -0.39 is 11.7 Å². The van der Waals surface area contributed by atoms with Gasteiger partial charge >= 0.3 is 0 Å². The highest BCUT2D eigenvalue weighted by Crippen LogP contribution is 2.20. The molecule has 0 bridgehead atoms. The van der Waals surface area contributed by atoms with Crippen LogP contribution in [0.3, 0.4) is 0 Å². The van der Waals surface area contributed by atoms with E-state index >= 15 is 0 Å². The Bertz CT molecular complexity index is 681. The van der Waals surface area contributed by atoms with E-state index in [1.165, 1.54) is 18.2 Å². The number of halogens is 1. The smallest absolute Gasteiger partial charge is 0.276 e. The minimum absolute atomic E-state index is 0.211. The monoisotopic (exact) mass is 314 g/mol. The number of amides is 1. The van der Waals surface area contributed by atoms with Crippen molar-refractivity contribution in [2.24, 2.45) is 5.92 Å². The van der Waals surface area contributed by atoms with Crippen LogP contribution in [0.2, 0.25) is 0 Å². The van der Waals surface area contributed by atoms with Gasteiger partial charge in [0.05, 0.1) is 0 Å². The molecule has 2 aromatic rings. The van der Waals surface area contributed by atoms with Gasteiger partial charge in [0, 0.05) is 18.8 Å². The molecule has 1 aromatic heterocycles. The number of carbonyl (C=O) groups is 1. The number of rotatable bonds is 3. The van der Waals surface area contributed by atoms with Crippen molar-refractivity contribution < 1.29 is 9.18 Å². The molecule has 1 N–H and O–H groups in total. The highest BCUT2D eigenvalue weighted by atomic mass is 19.1. The Balaban J connectivity index is 1.65. The first kappa shape index (κ1) is 15.4. The van der Waals surface area contributed by atoms with Crippen LogP contribution in [0.1, 0.15) is 30.3 Å². The third kappa shape index (κ3) is 3.83. The Labute approximate surface area is 134 Å². The Morgan fingerprint density at radius 1 is 1.22 bits per heavy atom. The summed E-state index contributed by atoms with van der Waals surface area (Å²) in [6.07, 6.45) is 2.28. The SMILES string of the molecule is CC1CCN(c2ccc(C(=O)Nc3cccc(F)c3)nn2)CC1. The van der Waals surface area contributed by atoms with Crippen molar-refractivity contribution in [3.8, 4) is 0 Å². The Kier molecular flexibility index (Phi) is 4.50. The molecule has 0 saturated carbocycles. The van der Waals surface area contributed by atoms with Crippen LogP contribution in [0.15, 0.2) is 36.4 Å². The van der Waals surface area contributed by atoms with Crippen molar-refractivity contribution in [3.63, 3.8) is 0 Å². The molecule has 6 heteroatoms. The van der Waals surface area contributed by atoms with Crippen LogP contribution in [0.5, 0.6) is 0 Å². The molecule has 3 rings (SSSR count). The number of nitrogens with zero attached hydrogens (tertiary/aromatic N) is 3. The number of nitrogens with one attached hydrogen (secondary N) is 1. The lowest BCUT2D eigenvalue weighted by molar-refractivity contribution is 0.102. The average Bonchev–Trinajstić information content (AvgIpc) is 2.56. The van der Waals surface area contributed by atoms with Crippen molar-refractivity contribution in [1.82, 2.24) is 10.2 Å². The summed E-state index contributed by atoms with van der Waals surface area (Å²) in [7, 11) is 0. The van der Waals surface area contributed by atoms with E-state index in [1.807, 2.05) is 6.07 Å². The number of piperidine rings is 1. The van der Waals surface area contributed by atoms with Crippen molar-refractivity contribution >= 4 is 17.4 Å². The highest BCUT2D eigenvalue weighted by Gasteiger charge is 2.18. The van der Waals surface area contributed by atoms with E-state index in [4.69, 9.17) is 0 Å². The lowest BCUT2D eigenvalue weighted by Gasteiger charge is -2.30. The Morgan fingerprint density at radius 2 is 2.00 bits per heavy atom. The largest absolute Gasteiger partial charge is 0.355 e. The fourth-order valence-corrected chi connectivity index (χ4v) is 2.61. The third-order valence-electron chi connectivity index (χ3n) is 4.07. The molecule has 0 aliphatic carbocycles. The normalized spacial score (nSPS) is 15.5. The second-order valence-corrected chi connectivity index (χ2v) is 5.91. The highest BCUT2D eigenvalue weighted by molar-refractivity contribution is 6.02. The summed E-state index contributed by atoms with van der Waals surface area (Å²) < 4.78 is 13.1. The van der Waals surface area contributed by atoms with Gasteiger partial charge in [0.25, 0.3) is 5.91 Å². The number of anilines is 2. The fraction of sp³-hybridized carbons (Fsp3) is 0.353. The molecule has 0 spiro atoms. The van der Waals surface area contributed by atoms with Gasteiger partial charge in [-0.3, -0.25) is 4.79 Å². The Morgan fingerprint density at radius 3 is 2.65 bits per heavy atom. The van der Waals surface area contributed by atoms with Gasteiger partial charge in [-0.05, 0) is 49.1 Å². The minimum Gasteiger partial charge on any atom is -0.355 e. The molecular formula is C17H19FN4O. The summed E-state index contributed by atoms with van der Waals surface area (Å²) >= 11 is 0. The number of carbonyl (C=O) groups excluding carboxylic acids is 1. The molecule has 1 aromatic carbocycles. The average molecular weight is 314 g/mol. The zero-order valence-electron chi connectivity index (χ0n) is 13.0. The first-order chi connectivity index (χ1) is 11.1. The molecule has 5 nitrogen and oxygen atoms in total. The molecule has 0 radical (unpaired) electrons. The minimum atomic E-state index is -0.401. The van der Waals surface area contributed by atoms with Crippen molar-refractivity contribution in [2.45, 2.75) is 19.8 Å². The second kappa shape index (κ2) is 6.73. The van der Waals surface area contributed by atoms with Crippen molar-refractivity contribution in [2.75, 3.05) is 23.3 Å². The van der Waals surface area contributed by atoms with Gasteiger partial charge in [-0.25, -0.2) is 4.39 Å². The molecule has 1 amide bonds. The molecule has 2 heterocycles. The van der Waals surface area contributed by atoms with E-state index in [0.29, 0.717) is 5.69 Å². The van der Waals surface area contributed by atoms with E-state index in [0.717, 1.165) is 37.7 Å². The lowest BCUT2D eigenvalue weighted by atomic mass is 9.99. The first-order valence-corrected chi connectivity index (χ1v) is 7.77. The molecule has 1 aliphatic heterocycles. The van der Waals surface area contributed by atoms with Gasteiger partial charge in [0.15, 0.2) is 11.5 Å². The van der Waals surface area contributed by atoms with E-state index in [2.05, 4.69) is 27.3 Å². The van der Waals surface area contributed by atoms with E-state index in [1.54, 1.807) is 12.1 Å². The number of hydrogen-bond acceptors (Lipinski definition) is 4. The Hall–Kier alpha value is -2.50. The topological polar surface area (TPSA) is 58.1 Å². The van der Waals surface area contributed by atoms with Crippen LogP contribution in [-0.2, 0) is 0 Å². The molecule has 120 valence electrons. The summed E-state index contributed by atoms with van der Waals surface area (Å²) in [5.74, 6) is 0.736. The first-order valence-electron chi connectivity index (χ1n) is 7.77. The second-order valence-electron chi connectivity index (χ2n) is 5.91. The summed E-state index contributed by atoms with van der Waals surface area (Å²) in [5, 5.41) is 10.8. The van der Waals surface area contributed by atoms with Gasteiger partial charge in [-0.2, -0.15) is 0 Å². The molecule has 1 aliphatic rings. The van der Waals surface area contributed by atoms with Gasteiger partial charge in [-0.15, -0.1) is 10.2 Å². The van der Waals surface area contributed by atoms with Crippen LogP contribution in [0.4, 0.5) is 15.9 Å². The van der Waals surface area contributed by atoms with E-state index in [9.17, 15) is 9.18 Å². The van der Waals surface area contributed by atoms with E-state index in [-0.39, 0.29) is 5.69 Å². The van der Waals surface area contributed by atoms with Gasteiger partial charge < -0.3 is 10.2 Å². The van der Waals surface area contributed by atoms with Crippen molar-refractivity contribution in [3.05, 3.63) is 47.9 Å². The number of aromatic nitrogens is 2. The summed E-state index contributed by atoms with van der Waals surface area (Å²) in [6.45, 7) is 4.18. The molecular weight excluding hydrogens is 295 g/mol. The zero-order chi connectivity index (χ0) is 16.2. The third-order valence-corrected chi connectivity index (χ3v) is 4.07. The number of hydrogen-bond donors (Lipinski definition) is 1. The maximum absolute atomic E-state index is 13.1. The molecule has 1 fully saturated rings. The summed E-state index contributed by atoms with van der Waals surface area (Å²) in [6, 6.07) is 9.20. The molecule has 1 saturated heterocycles. The van der Waals surface area contributed by atoms with Crippen LogP contribution in [0.25, 0.3) is 0 Å². The van der Waals surface area contributed by atoms with Crippen LogP contribution in [-0.4, -0.2) is 29.2 Å². The van der Waals surface area contributed by atoms with Crippen LogP contribution in [0, 0.1) is 11.7 Å². The van der Waals surface area contributed by atoms with Gasteiger partial charge in [-0.1, -0.05) is 13.0 Å². The maximum Gasteiger partial charge on any atom is 0.276 e. The standard InChI is InChI=1S/C17H19FN4O/c1-12-7-9-22(10-8-12)16-6-5-15(20-21-16)17(23)19-14-4-2-3-13(18)11-14/h2-6,11-12H,7-10H2,1H3,(H,19,23). The predicted octanol–water partition coefficient (Wildman–Crippen LogP) is 3.10.